The fourth-order valence-corrected chi connectivity index (χ4v) is 2.86. The molecule has 0 aliphatic heterocycles. The lowest BCUT2D eigenvalue weighted by atomic mass is 10.3. The van der Waals surface area contributed by atoms with E-state index in [-0.39, 0.29) is 0 Å². The number of thiazole rings is 1. The Morgan fingerprint density at radius 3 is 2.86 bits per heavy atom. The van der Waals surface area contributed by atoms with E-state index < -0.39 is 0 Å². The van der Waals surface area contributed by atoms with Crippen LogP contribution in [0.2, 0.25) is 0 Å². The molecule has 0 radical (unpaired) electrons. The van der Waals surface area contributed by atoms with Crippen LogP contribution in [-0.2, 0) is 13.2 Å². The lowest BCUT2D eigenvalue weighted by molar-refractivity contribution is 0.304. The molecule has 2 heterocycles. The first kappa shape index (κ1) is 14.0. The molecule has 2 aromatic heterocycles. The minimum atomic E-state index is 0.480. The van der Waals surface area contributed by atoms with Gasteiger partial charge in [0.15, 0.2) is 0 Å². The summed E-state index contributed by atoms with van der Waals surface area (Å²) in [7, 11) is 0. The van der Waals surface area contributed by atoms with Crippen LogP contribution in [0.3, 0.4) is 0 Å². The maximum absolute atomic E-state index is 5.75. The summed E-state index contributed by atoms with van der Waals surface area (Å²) in [5.74, 6) is 0.773. The number of ether oxygens (including phenoxy) is 1. The number of rotatable bonds is 6. The maximum Gasteiger partial charge on any atom is 0.140 e. The predicted octanol–water partition coefficient (Wildman–Crippen LogP) is 3.38. The zero-order valence-electron chi connectivity index (χ0n) is 11.9. The molecule has 0 amide bonds. The topological polar surface area (TPSA) is 47.0 Å². The fraction of sp³-hybridized carbons (Fsp3) is 0.250. The average Bonchev–Trinajstić information content (AvgIpc) is 2.95. The van der Waals surface area contributed by atoms with Crippen LogP contribution in [0.4, 0.5) is 0 Å². The molecule has 0 saturated heterocycles. The Kier molecular flexibility index (Phi) is 4.43. The number of hydrogen-bond donors (Lipinski definition) is 1. The smallest absolute Gasteiger partial charge is 0.140 e. The number of para-hydroxylation sites is 1. The Hall–Kier alpha value is -1.98. The highest BCUT2D eigenvalue weighted by molar-refractivity contribution is 7.18. The molecule has 3 aromatic rings. The molecule has 0 unspecified atom stereocenters. The normalized spacial score (nSPS) is 10.9. The third kappa shape index (κ3) is 3.56. The molecule has 108 valence electrons. The summed E-state index contributed by atoms with van der Waals surface area (Å²) in [5.41, 5.74) is 2.05. The Balaban J connectivity index is 1.61. The first-order chi connectivity index (χ1) is 10.3. The second-order valence-electron chi connectivity index (χ2n) is 4.63. The van der Waals surface area contributed by atoms with Crippen molar-refractivity contribution in [1.82, 2.24) is 15.3 Å². The molecule has 0 bridgehead atoms. The van der Waals surface area contributed by atoms with Crippen molar-refractivity contribution in [3.05, 3.63) is 53.3 Å². The minimum absolute atomic E-state index is 0.480. The Labute approximate surface area is 127 Å². The van der Waals surface area contributed by atoms with E-state index in [4.69, 9.17) is 4.74 Å². The molecular formula is C16H17N3OS. The molecule has 0 aliphatic carbocycles. The highest BCUT2D eigenvalue weighted by Gasteiger charge is 2.04. The highest BCUT2D eigenvalue weighted by atomic mass is 32.1. The van der Waals surface area contributed by atoms with Gasteiger partial charge < -0.3 is 10.1 Å². The summed E-state index contributed by atoms with van der Waals surface area (Å²) >= 11 is 1.66. The van der Waals surface area contributed by atoms with Gasteiger partial charge in [0.2, 0.25) is 0 Å². The number of aromatic nitrogens is 2. The molecular weight excluding hydrogens is 282 g/mol. The number of nitrogens with one attached hydrogen (secondary N) is 1. The minimum Gasteiger partial charge on any atom is -0.485 e. The largest absolute Gasteiger partial charge is 0.485 e. The summed E-state index contributed by atoms with van der Waals surface area (Å²) in [4.78, 5) is 8.92. The summed E-state index contributed by atoms with van der Waals surface area (Å²) < 4.78 is 6.94. The third-order valence-electron chi connectivity index (χ3n) is 3.05. The first-order valence-corrected chi connectivity index (χ1v) is 7.79. The van der Waals surface area contributed by atoms with Crippen LogP contribution >= 0.6 is 11.3 Å². The highest BCUT2D eigenvalue weighted by Crippen LogP contribution is 2.22. The fourth-order valence-electron chi connectivity index (χ4n) is 1.98. The van der Waals surface area contributed by atoms with Gasteiger partial charge in [0.1, 0.15) is 17.4 Å². The van der Waals surface area contributed by atoms with Crippen LogP contribution in [0.15, 0.2) is 42.6 Å². The quantitative estimate of drug-likeness (QED) is 0.758. The van der Waals surface area contributed by atoms with Crippen molar-refractivity contribution in [2.75, 3.05) is 6.54 Å². The van der Waals surface area contributed by atoms with Crippen molar-refractivity contribution in [3.8, 4) is 5.75 Å². The van der Waals surface area contributed by atoms with E-state index in [2.05, 4.69) is 28.3 Å². The molecule has 0 fully saturated rings. The van der Waals surface area contributed by atoms with Gasteiger partial charge in [0.05, 0.1) is 22.1 Å². The molecule has 0 atom stereocenters. The number of benzene rings is 1. The second-order valence-corrected chi connectivity index (χ2v) is 5.74. The van der Waals surface area contributed by atoms with E-state index in [1.807, 2.05) is 30.3 Å². The van der Waals surface area contributed by atoms with Gasteiger partial charge in [-0.3, -0.25) is 4.98 Å². The van der Waals surface area contributed by atoms with E-state index in [0.717, 1.165) is 35.1 Å². The van der Waals surface area contributed by atoms with Gasteiger partial charge in [-0.1, -0.05) is 19.1 Å². The molecule has 5 heteroatoms. The monoisotopic (exact) mass is 299 g/mol. The predicted molar refractivity (Wildman–Crippen MR) is 85.6 cm³/mol. The molecule has 21 heavy (non-hydrogen) atoms. The van der Waals surface area contributed by atoms with Crippen LogP contribution < -0.4 is 10.1 Å². The van der Waals surface area contributed by atoms with Crippen LogP contribution in [0.1, 0.15) is 17.6 Å². The number of nitrogens with zero attached hydrogens (tertiary/aromatic N) is 2. The summed E-state index contributed by atoms with van der Waals surface area (Å²) in [6, 6.07) is 12.1. The summed E-state index contributed by atoms with van der Waals surface area (Å²) in [5, 5.41) is 4.22. The van der Waals surface area contributed by atoms with Gasteiger partial charge in [0, 0.05) is 6.54 Å². The number of fused-ring (bicyclic) bond motifs is 1. The standard InChI is InChI=1S/C16H17N3OS/c1-2-17-9-12-7-8-13(10-18-12)20-11-16-19-14-5-3-4-6-15(14)21-16/h3-8,10,17H,2,9,11H2,1H3. The first-order valence-electron chi connectivity index (χ1n) is 6.98. The van der Waals surface area contributed by atoms with Gasteiger partial charge in [-0.15, -0.1) is 11.3 Å². The van der Waals surface area contributed by atoms with Crippen molar-refractivity contribution in [1.29, 1.82) is 0 Å². The van der Waals surface area contributed by atoms with E-state index in [1.165, 1.54) is 4.70 Å². The molecule has 0 aliphatic rings. The van der Waals surface area contributed by atoms with Crippen LogP contribution in [0, 0.1) is 0 Å². The van der Waals surface area contributed by atoms with Crippen molar-refractivity contribution in [2.45, 2.75) is 20.1 Å². The van der Waals surface area contributed by atoms with Crippen molar-refractivity contribution >= 4 is 21.6 Å². The van der Waals surface area contributed by atoms with Crippen LogP contribution in [-0.4, -0.2) is 16.5 Å². The summed E-state index contributed by atoms with van der Waals surface area (Å²) in [6.45, 7) is 4.29. The zero-order valence-corrected chi connectivity index (χ0v) is 12.7. The van der Waals surface area contributed by atoms with Gasteiger partial charge in [-0.25, -0.2) is 4.98 Å². The Morgan fingerprint density at radius 1 is 1.19 bits per heavy atom. The second kappa shape index (κ2) is 6.65. The summed E-state index contributed by atoms with van der Waals surface area (Å²) in [6.07, 6.45) is 1.76. The molecule has 1 aromatic carbocycles. The van der Waals surface area contributed by atoms with Crippen molar-refractivity contribution < 1.29 is 4.74 Å². The number of hydrogen-bond acceptors (Lipinski definition) is 5. The third-order valence-corrected chi connectivity index (χ3v) is 4.06. The Bertz CT molecular complexity index is 676. The molecule has 1 N–H and O–H groups in total. The van der Waals surface area contributed by atoms with Crippen molar-refractivity contribution in [3.63, 3.8) is 0 Å². The van der Waals surface area contributed by atoms with Crippen LogP contribution in [0.5, 0.6) is 5.75 Å². The lowest BCUT2D eigenvalue weighted by Crippen LogP contribution is -2.12. The van der Waals surface area contributed by atoms with E-state index >= 15 is 0 Å². The van der Waals surface area contributed by atoms with Gasteiger partial charge in [-0.05, 0) is 30.8 Å². The maximum atomic E-state index is 5.75. The molecule has 0 spiro atoms. The van der Waals surface area contributed by atoms with Crippen LogP contribution in [0.25, 0.3) is 10.2 Å². The SMILES string of the molecule is CCNCc1ccc(OCc2nc3ccccc3s2)cn1. The Morgan fingerprint density at radius 2 is 2.10 bits per heavy atom. The number of pyridine rings is 1. The van der Waals surface area contributed by atoms with E-state index in [0.29, 0.717) is 6.61 Å². The van der Waals surface area contributed by atoms with Crippen molar-refractivity contribution in [2.24, 2.45) is 0 Å². The molecule has 3 rings (SSSR count). The van der Waals surface area contributed by atoms with Gasteiger partial charge in [0.25, 0.3) is 0 Å². The van der Waals surface area contributed by atoms with E-state index in [9.17, 15) is 0 Å². The average molecular weight is 299 g/mol. The van der Waals surface area contributed by atoms with E-state index in [1.54, 1.807) is 17.5 Å². The van der Waals surface area contributed by atoms with Gasteiger partial charge >= 0.3 is 0 Å². The zero-order chi connectivity index (χ0) is 14.5. The molecule has 4 nitrogen and oxygen atoms in total. The van der Waals surface area contributed by atoms with Gasteiger partial charge in [-0.2, -0.15) is 0 Å². The molecule has 0 saturated carbocycles. The lowest BCUT2D eigenvalue weighted by Gasteiger charge is -2.05.